The molecule has 2 N–H and O–H groups in total. The lowest BCUT2D eigenvalue weighted by Gasteiger charge is -2.09. The zero-order valence-electron chi connectivity index (χ0n) is 17.1. The van der Waals surface area contributed by atoms with E-state index in [2.05, 4.69) is 4.98 Å². The fourth-order valence-corrected chi connectivity index (χ4v) is 4.82. The van der Waals surface area contributed by atoms with Crippen molar-refractivity contribution in [3.8, 4) is 28.0 Å². The van der Waals surface area contributed by atoms with E-state index in [1.165, 1.54) is 22.0 Å². The summed E-state index contributed by atoms with van der Waals surface area (Å²) in [7, 11) is 0. The fraction of sp³-hybridized carbons (Fsp3) is 0.0833. The van der Waals surface area contributed by atoms with Gasteiger partial charge in [0.1, 0.15) is 5.76 Å². The normalized spacial score (nSPS) is 11.3. The van der Waals surface area contributed by atoms with Gasteiger partial charge in [0.15, 0.2) is 16.6 Å². The molecule has 0 aliphatic heterocycles. The first-order valence-corrected chi connectivity index (χ1v) is 10.9. The van der Waals surface area contributed by atoms with Crippen LogP contribution in [0.15, 0.2) is 59.0 Å². The van der Waals surface area contributed by atoms with Crippen LogP contribution in [0.5, 0.6) is 11.6 Å². The molecule has 0 atom stereocenters. The van der Waals surface area contributed by atoms with E-state index in [0.717, 1.165) is 15.8 Å². The minimum Gasteiger partial charge on any atom is -0.503 e. The molecular formula is C24H17ClN2O4S. The molecule has 5 rings (SSSR count). The highest BCUT2D eigenvalue weighted by Gasteiger charge is 2.32. The first-order valence-electron chi connectivity index (χ1n) is 9.74. The molecule has 0 radical (unpaired) electrons. The Balaban J connectivity index is 1.81. The van der Waals surface area contributed by atoms with Crippen LogP contribution in [0.4, 0.5) is 0 Å². The van der Waals surface area contributed by atoms with Gasteiger partial charge >= 0.3 is 0 Å². The Morgan fingerprint density at radius 2 is 1.81 bits per heavy atom. The lowest BCUT2D eigenvalue weighted by atomic mass is 10.0. The molecule has 3 aromatic heterocycles. The molecule has 0 spiro atoms. The monoisotopic (exact) mass is 464 g/mol. The van der Waals surface area contributed by atoms with Crippen LogP contribution in [-0.2, 0) is 0 Å². The summed E-state index contributed by atoms with van der Waals surface area (Å²) in [5.74, 6) is -0.940. The quantitative estimate of drug-likeness (QED) is 0.306. The molecule has 8 heteroatoms. The van der Waals surface area contributed by atoms with Crippen LogP contribution in [-0.4, -0.2) is 25.5 Å². The Morgan fingerprint density at radius 1 is 1.06 bits per heavy atom. The van der Waals surface area contributed by atoms with Crippen molar-refractivity contribution in [3.05, 3.63) is 82.3 Å². The summed E-state index contributed by atoms with van der Waals surface area (Å²) in [6.07, 6.45) is 0. The number of halogens is 1. The number of aromatic nitrogens is 2. The van der Waals surface area contributed by atoms with E-state index in [0.29, 0.717) is 27.2 Å². The van der Waals surface area contributed by atoms with Gasteiger partial charge in [0.2, 0.25) is 11.7 Å². The van der Waals surface area contributed by atoms with Gasteiger partial charge < -0.3 is 14.6 Å². The van der Waals surface area contributed by atoms with Gasteiger partial charge in [-0.1, -0.05) is 41.1 Å². The van der Waals surface area contributed by atoms with Crippen molar-refractivity contribution in [2.75, 3.05) is 0 Å². The predicted octanol–water partition coefficient (Wildman–Crippen LogP) is 6.26. The van der Waals surface area contributed by atoms with Crippen molar-refractivity contribution in [3.63, 3.8) is 0 Å². The molecule has 5 aromatic rings. The lowest BCUT2D eigenvalue weighted by molar-refractivity contribution is 0.101. The third kappa shape index (κ3) is 3.26. The van der Waals surface area contributed by atoms with Gasteiger partial charge in [-0.05, 0) is 61.4 Å². The van der Waals surface area contributed by atoms with E-state index in [9.17, 15) is 15.0 Å². The summed E-state index contributed by atoms with van der Waals surface area (Å²) in [5, 5.41) is 22.7. The van der Waals surface area contributed by atoms with Crippen molar-refractivity contribution in [1.29, 1.82) is 0 Å². The number of furan rings is 1. The second kappa shape index (κ2) is 7.55. The molecule has 3 heterocycles. The molecule has 6 nitrogen and oxygen atoms in total. The van der Waals surface area contributed by atoms with Gasteiger partial charge in [-0.3, -0.25) is 9.36 Å². The van der Waals surface area contributed by atoms with Gasteiger partial charge in [0.05, 0.1) is 21.5 Å². The third-order valence-corrected chi connectivity index (χ3v) is 6.41. The third-order valence-electron chi connectivity index (χ3n) is 5.15. The molecule has 0 saturated carbocycles. The minimum absolute atomic E-state index is 0.0603. The van der Waals surface area contributed by atoms with Crippen LogP contribution in [0.2, 0.25) is 5.02 Å². The fourth-order valence-electron chi connectivity index (χ4n) is 3.63. The summed E-state index contributed by atoms with van der Waals surface area (Å²) in [6, 6.07) is 15.8. The highest BCUT2D eigenvalue weighted by Crippen LogP contribution is 2.45. The van der Waals surface area contributed by atoms with Gasteiger partial charge in [0.25, 0.3) is 0 Å². The summed E-state index contributed by atoms with van der Waals surface area (Å²) >= 11 is 7.41. The number of rotatable bonds is 4. The average molecular weight is 465 g/mol. The Labute approximate surface area is 192 Å². The number of benzene rings is 2. The zero-order valence-corrected chi connectivity index (χ0v) is 18.7. The highest BCUT2D eigenvalue weighted by atomic mass is 35.5. The maximum absolute atomic E-state index is 13.3. The standard InChI is InChI=1S/C24H17ClN2O4S/c1-12-3-9-16-18(11-12)32-24(26-16)27-20(14-5-7-15(25)8-6-14)19(22(29)23(27)30)21(28)17-10-4-13(2)31-17/h3-11,29-30H,1-2H3. The number of ketones is 1. The number of aromatic hydroxyl groups is 2. The summed E-state index contributed by atoms with van der Waals surface area (Å²) in [4.78, 5) is 18.0. The molecule has 0 saturated heterocycles. The van der Waals surface area contributed by atoms with Crippen LogP contribution in [0, 0.1) is 13.8 Å². The van der Waals surface area contributed by atoms with Crippen LogP contribution in [0.3, 0.4) is 0 Å². The maximum Gasteiger partial charge on any atom is 0.242 e. The second-order valence-corrected chi connectivity index (χ2v) is 8.89. The molecule has 160 valence electrons. The van der Waals surface area contributed by atoms with E-state index in [-0.39, 0.29) is 11.3 Å². The smallest absolute Gasteiger partial charge is 0.242 e. The molecule has 2 aromatic carbocycles. The molecule has 0 bridgehead atoms. The second-order valence-electron chi connectivity index (χ2n) is 7.45. The first-order chi connectivity index (χ1) is 15.3. The van der Waals surface area contributed by atoms with E-state index < -0.39 is 17.4 Å². The highest BCUT2D eigenvalue weighted by molar-refractivity contribution is 7.20. The number of thiazole rings is 1. The van der Waals surface area contributed by atoms with Crippen LogP contribution >= 0.6 is 22.9 Å². The number of carbonyl (C=O) groups is 1. The number of carbonyl (C=O) groups excluding carboxylic acids is 1. The van der Waals surface area contributed by atoms with Crippen molar-refractivity contribution in [2.24, 2.45) is 0 Å². The molecule has 0 aliphatic carbocycles. The Kier molecular flexibility index (Phi) is 4.80. The molecule has 32 heavy (non-hydrogen) atoms. The SMILES string of the molecule is Cc1ccc2nc(-n3c(O)c(O)c(C(=O)c4ccc(C)o4)c3-c3ccc(Cl)cc3)sc2c1. The molecule has 0 fully saturated rings. The van der Waals surface area contributed by atoms with E-state index in [1.54, 1.807) is 37.3 Å². The number of hydrogen-bond acceptors (Lipinski definition) is 6. The molecule has 0 unspecified atom stereocenters. The minimum atomic E-state index is -0.549. The molecule has 0 aliphatic rings. The number of aryl methyl sites for hydroxylation is 2. The maximum atomic E-state index is 13.3. The first kappa shape index (κ1) is 20.4. The average Bonchev–Trinajstić information content (AvgIpc) is 3.44. The van der Waals surface area contributed by atoms with Crippen molar-refractivity contribution in [1.82, 2.24) is 9.55 Å². The Bertz CT molecular complexity index is 1490. The van der Waals surface area contributed by atoms with Crippen LogP contribution in [0.1, 0.15) is 27.4 Å². The number of nitrogens with zero attached hydrogens (tertiary/aromatic N) is 2. The van der Waals surface area contributed by atoms with Crippen molar-refractivity contribution in [2.45, 2.75) is 13.8 Å². The number of hydrogen-bond donors (Lipinski definition) is 2. The van der Waals surface area contributed by atoms with Crippen molar-refractivity contribution < 1.29 is 19.4 Å². The summed E-state index contributed by atoms with van der Waals surface area (Å²) < 4.78 is 7.81. The predicted molar refractivity (Wildman–Crippen MR) is 124 cm³/mol. The van der Waals surface area contributed by atoms with E-state index in [1.807, 2.05) is 25.1 Å². The van der Waals surface area contributed by atoms with Gasteiger partial charge in [0, 0.05) is 5.02 Å². The summed E-state index contributed by atoms with van der Waals surface area (Å²) in [6.45, 7) is 3.71. The van der Waals surface area contributed by atoms with Gasteiger partial charge in [-0.25, -0.2) is 4.98 Å². The van der Waals surface area contributed by atoms with E-state index in [4.69, 9.17) is 16.0 Å². The number of fused-ring (bicyclic) bond motifs is 1. The lowest BCUT2D eigenvalue weighted by Crippen LogP contribution is -2.04. The van der Waals surface area contributed by atoms with Gasteiger partial charge in [-0.15, -0.1) is 0 Å². The van der Waals surface area contributed by atoms with Crippen LogP contribution in [0.25, 0.3) is 26.6 Å². The topological polar surface area (TPSA) is 88.5 Å². The zero-order chi connectivity index (χ0) is 22.6. The van der Waals surface area contributed by atoms with E-state index >= 15 is 0 Å². The van der Waals surface area contributed by atoms with Crippen molar-refractivity contribution >= 4 is 38.9 Å². The van der Waals surface area contributed by atoms with Gasteiger partial charge in [-0.2, -0.15) is 0 Å². The Hall–Kier alpha value is -3.55. The summed E-state index contributed by atoms with van der Waals surface area (Å²) in [5.41, 5.74) is 2.63. The van der Waals surface area contributed by atoms with Crippen LogP contribution < -0.4 is 0 Å². The molecular weight excluding hydrogens is 448 g/mol. The largest absolute Gasteiger partial charge is 0.503 e. The Morgan fingerprint density at radius 3 is 2.50 bits per heavy atom. The molecule has 0 amide bonds.